The van der Waals surface area contributed by atoms with Crippen LogP contribution in [0.3, 0.4) is 0 Å². The number of aryl methyl sites for hydroxylation is 2. The molecule has 1 N–H and O–H groups in total. The van der Waals surface area contributed by atoms with Crippen molar-refractivity contribution in [3.63, 3.8) is 0 Å². The van der Waals surface area contributed by atoms with E-state index in [0.717, 1.165) is 57.3 Å². The lowest BCUT2D eigenvalue weighted by Crippen LogP contribution is -2.27. The zero-order valence-electron chi connectivity index (χ0n) is 20.5. The van der Waals surface area contributed by atoms with Crippen LogP contribution in [-0.2, 0) is 17.6 Å². The Labute approximate surface area is 228 Å². The molecule has 0 bridgehead atoms. The van der Waals surface area contributed by atoms with Gasteiger partial charge in [0, 0.05) is 26.8 Å². The highest BCUT2D eigenvalue weighted by atomic mass is 35.5. The third kappa shape index (κ3) is 8.62. The summed E-state index contributed by atoms with van der Waals surface area (Å²) in [6, 6.07) is 9.49. The SMILES string of the molecule is CCN(CC)CCOC(=O)c1ccc(CCC[C@@H]2[C@@H](CCc3cc(Cl)cc(Cl)c3)[C@H](O)C[C@H]2Cl)s1. The van der Waals surface area contributed by atoms with Crippen LogP contribution in [0.5, 0.6) is 0 Å². The van der Waals surface area contributed by atoms with Crippen molar-refractivity contribution >= 4 is 52.1 Å². The zero-order chi connectivity index (χ0) is 25.4. The number of likely N-dealkylation sites (N-methyl/N-ethyl adjacent to an activating group) is 1. The molecule has 1 heterocycles. The van der Waals surface area contributed by atoms with Crippen molar-refractivity contribution in [2.24, 2.45) is 11.8 Å². The molecule has 0 saturated heterocycles. The first-order chi connectivity index (χ1) is 16.8. The Morgan fingerprint density at radius 3 is 2.49 bits per heavy atom. The maximum absolute atomic E-state index is 12.4. The van der Waals surface area contributed by atoms with E-state index in [4.69, 9.17) is 39.5 Å². The summed E-state index contributed by atoms with van der Waals surface area (Å²) >= 11 is 20.4. The predicted octanol–water partition coefficient (Wildman–Crippen LogP) is 7.11. The Hall–Kier alpha value is -0.820. The van der Waals surface area contributed by atoms with Crippen LogP contribution in [0.15, 0.2) is 30.3 Å². The van der Waals surface area contributed by atoms with Gasteiger partial charge in [-0.3, -0.25) is 0 Å². The van der Waals surface area contributed by atoms with Gasteiger partial charge in [0.05, 0.1) is 6.10 Å². The molecular formula is C27H36Cl3NO3S. The normalized spacial score (nSPS) is 22.1. The second-order valence-corrected chi connectivity index (χ2v) is 11.9. The third-order valence-corrected chi connectivity index (χ3v) is 9.09. The quantitative estimate of drug-likeness (QED) is 0.209. The summed E-state index contributed by atoms with van der Waals surface area (Å²) in [5, 5.41) is 11.9. The number of alkyl halides is 1. The summed E-state index contributed by atoms with van der Waals surface area (Å²) in [4.78, 5) is 16.4. The summed E-state index contributed by atoms with van der Waals surface area (Å²) in [5.41, 5.74) is 1.08. The summed E-state index contributed by atoms with van der Waals surface area (Å²) in [5.74, 6) is 0.190. The van der Waals surface area contributed by atoms with E-state index in [1.165, 1.54) is 16.2 Å². The van der Waals surface area contributed by atoms with Gasteiger partial charge in [-0.15, -0.1) is 22.9 Å². The van der Waals surface area contributed by atoms with Gasteiger partial charge in [-0.05, 0) is 99.3 Å². The smallest absolute Gasteiger partial charge is 0.348 e. The molecule has 1 aliphatic rings. The number of benzene rings is 1. The number of aliphatic hydroxyl groups is 1. The van der Waals surface area contributed by atoms with E-state index in [9.17, 15) is 9.90 Å². The number of carbonyl (C=O) groups excluding carboxylic acids is 1. The number of rotatable bonds is 13. The molecule has 1 fully saturated rings. The Bertz CT molecular complexity index is 929. The standard InChI is InChI=1S/C27H36Cl3NO3S/c1-3-31(4-2)12-13-34-27(33)26-11-9-21(35-26)6-5-7-22-23(25(32)17-24(22)30)10-8-18-14-19(28)16-20(29)15-18/h9,11,14-16,22-25,32H,3-8,10,12-13,17H2,1-2H3/t22-,23-,24-,25-/m1/s1. The van der Waals surface area contributed by atoms with Crippen molar-refractivity contribution in [2.75, 3.05) is 26.2 Å². The van der Waals surface area contributed by atoms with E-state index in [-0.39, 0.29) is 29.3 Å². The minimum atomic E-state index is -0.378. The van der Waals surface area contributed by atoms with E-state index in [2.05, 4.69) is 18.7 Å². The summed E-state index contributed by atoms with van der Waals surface area (Å²) < 4.78 is 5.45. The molecule has 1 aliphatic carbocycles. The van der Waals surface area contributed by atoms with Crippen LogP contribution < -0.4 is 0 Å². The van der Waals surface area contributed by atoms with Crippen molar-refractivity contribution in [1.82, 2.24) is 4.90 Å². The highest BCUT2D eigenvalue weighted by molar-refractivity contribution is 7.13. The van der Waals surface area contributed by atoms with Gasteiger partial charge in [-0.2, -0.15) is 0 Å². The van der Waals surface area contributed by atoms with E-state index < -0.39 is 0 Å². The molecule has 0 radical (unpaired) electrons. The molecule has 0 amide bonds. The first kappa shape index (κ1) is 28.7. The zero-order valence-corrected chi connectivity index (χ0v) is 23.6. The number of aliphatic hydroxyl groups excluding tert-OH is 1. The van der Waals surface area contributed by atoms with E-state index in [0.29, 0.717) is 28.0 Å². The van der Waals surface area contributed by atoms with Gasteiger partial charge in [-0.25, -0.2) is 4.79 Å². The van der Waals surface area contributed by atoms with Crippen molar-refractivity contribution in [3.05, 3.63) is 55.7 Å². The van der Waals surface area contributed by atoms with Crippen LogP contribution in [-0.4, -0.2) is 53.7 Å². The van der Waals surface area contributed by atoms with Crippen LogP contribution in [0.1, 0.15) is 59.6 Å². The van der Waals surface area contributed by atoms with Gasteiger partial charge in [0.25, 0.3) is 0 Å². The maximum atomic E-state index is 12.4. The lowest BCUT2D eigenvalue weighted by atomic mass is 9.85. The van der Waals surface area contributed by atoms with Gasteiger partial charge in [0.1, 0.15) is 11.5 Å². The Kier molecular flexibility index (Phi) is 11.7. The highest BCUT2D eigenvalue weighted by Gasteiger charge is 2.40. The minimum absolute atomic E-state index is 0.0161. The number of thiophene rings is 1. The molecule has 4 nitrogen and oxygen atoms in total. The Morgan fingerprint density at radius 1 is 1.09 bits per heavy atom. The van der Waals surface area contributed by atoms with Crippen LogP contribution in [0.4, 0.5) is 0 Å². The predicted molar refractivity (Wildman–Crippen MR) is 147 cm³/mol. The monoisotopic (exact) mass is 559 g/mol. The number of ether oxygens (including phenoxy) is 1. The van der Waals surface area contributed by atoms with Gasteiger partial charge < -0.3 is 14.7 Å². The molecule has 1 aromatic heterocycles. The average Bonchev–Trinajstić information content (AvgIpc) is 3.39. The molecule has 0 aliphatic heterocycles. The number of carbonyl (C=O) groups is 1. The molecule has 4 atom stereocenters. The van der Waals surface area contributed by atoms with Crippen molar-refractivity contribution in [1.29, 1.82) is 0 Å². The van der Waals surface area contributed by atoms with Crippen LogP contribution in [0.2, 0.25) is 10.0 Å². The highest BCUT2D eigenvalue weighted by Crippen LogP contribution is 2.42. The molecule has 1 saturated carbocycles. The Morgan fingerprint density at radius 2 is 1.80 bits per heavy atom. The van der Waals surface area contributed by atoms with Crippen LogP contribution in [0.25, 0.3) is 0 Å². The largest absolute Gasteiger partial charge is 0.460 e. The number of hydrogen-bond donors (Lipinski definition) is 1. The summed E-state index contributed by atoms with van der Waals surface area (Å²) in [6.45, 7) is 7.29. The van der Waals surface area contributed by atoms with Gasteiger partial charge in [0.15, 0.2) is 0 Å². The van der Waals surface area contributed by atoms with Crippen molar-refractivity contribution in [2.45, 2.75) is 63.9 Å². The molecule has 3 rings (SSSR count). The summed E-state index contributed by atoms with van der Waals surface area (Å²) in [6.07, 6.45) is 4.74. The van der Waals surface area contributed by atoms with E-state index in [1.54, 1.807) is 6.07 Å². The lowest BCUT2D eigenvalue weighted by Gasteiger charge is -2.23. The number of halogens is 3. The molecule has 35 heavy (non-hydrogen) atoms. The van der Waals surface area contributed by atoms with Crippen LogP contribution in [0, 0.1) is 11.8 Å². The molecule has 194 valence electrons. The first-order valence-corrected chi connectivity index (χ1v) is 14.6. The average molecular weight is 561 g/mol. The molecule has 8 heteroatoms. The molecular weight excluding hydrogens is 525 g/mol. The second kappa shape index (κ2) is 14.2. The third-order valence-electron chi connectivity index (χ3n) is 7.02. The topological polar surface area (TPSA) is 49.8 Å². The van der Waals surface area contributed by atoms with E-state index in [1.807, 2.05) is 24.3 Å². The fourth-order valence-electron chi connectivity index (χ4n) is 5.04. The number of nitrogens with zero attached hydrogens (tertiary/aromatic N) is 1. The lowest BCUT2D eigenvalue weighted by molar-refractivity contribution is 0.0472. The molecule has 0 spiro atoms. The van der Waals surface area contributed by atoms with Gasteiger partial charge in [0.2, 0.25) is 0 Å². The second-order valence-electron chi connectivity index (χ2n) is 9.28. The molecule has 1 aromatic carbocycles. The van der Waals surface area contributed by atoms with Crippen LogP contribution >= 0.6 is 46.1 Å². The summed E-state index contributed by atoms with van der Waals surface area (Å²) in [7, 11) is 0. The minimum Gasteiger partial charge on any atom is -0.460 e. The Balaban J connectivity index is 1.46. The molecule has 0 unspecified atom stereocenters. The van der Waals surface area contributed by atoms with Gasteiger partial charge in [-0.1, -0.05) is 37.0 Å². The first-order valence-electron chi connectivity index (χ1n) is 12.6. The van der Waals surface area contributed by atoms with Crippen molar-refractivity contribution in [3.8, 4) is 0 Å². The van der Waals surface area contributed by atoms with Gasteiger partial charge >= 0.3 is 5.97 Å². The fourth-order valence-corrected chi connectivity index (χ4v) is 7.05. The fraction of sp³-hybridized carbons (Fsp3) is 0.593. The van der Waals surface area contributed by atoms with Crippen molar-refractivity contribution < 1.29 is 14.6 Å². The number of esters is 1. The molecule has 2 aromatic rings. The number of hydrogen-bond acceptors (Lipinski definition) is 5. The van der Waals surface area contributed by atoms with E-state index >= 15 is 0 Å². The maximum Gasteiger partial charge on any atom is 0.348 e.